The molecule has 1 aliphatic heterocycles. The average Bonchev–Trinajstić information content (AvgIpc) is 2.64. The van der Waals surface area contributed by atoms with Gasteiger partial charge >= 0.3 is 0 Å². The second-order valence-corrected chi connectivity index (χ2v) is 7.53. The van der Waals surface area contributed by atoms with E-state index >= 15 is 0 Å². The molecule has 4 nitrogen and oxygen atoms in total. The Morgan fingerprint density at radius 3 is 2.50 bits per heavy atom. The number of anilines is 2. The van der Waals surface area contributed by atoms with E-state index in [2.05, 4.69) is 29.3 Å². The van der Waals surface area contributed by atoms with Gasteiger partial charge in [0.2, 0.25) is 0 Å². The van der Waals surface area contributed by atoms with Crippen LogP contribution in [0, 0.1) is 13.8 Å². The number of quaternary nitrogens is 1. The molecule has 138 valence electrons. The number of nitrogens with one attached hydrogen (secondary N) is 2. The average molecular weight is 373 g/mol. The molecule has 0 radical (unpaired) electrons. The summed E-state index contributed by atoms with van der Waals surface area (Å²) in [7, 11) is 0. The maximum absolute atomic E-state index is 12.7. The summed E-state index contributed by atoms with van der Waals surface area (Å²) >= 11 is 6.31. The zero-order chi connectivity index (χ0) is 18.7. The van der Waals surface area contributed by atoms with Crippen LogP contribution in [-0.2, 0) is 4.79 Å². The van der Waals surface area contributed by atoms with Gasteiger partial charge in [-0.2, -0.15) is 0 Å². The lowest BCUT2D eigenvalue weighted by atomic mass is 10.1. The van der Waals surface area contributed by atoms with E-state index in [0.717, 1.165) is 48.1 Å². The third-order valence-corrected chi connectivity index (χ3v) is 5.56. The molecule has 0 bridgehead atoms. The van der Waals surface area contributed by atoms with Gasteiger partial charge in [-0.1, -0.05) is 41.4 Å². The molecule has 1 fully saturated rings. The van der Waals surface area contributed by atoms with Crippen molar-refractivity contribution >= 4 is 28.9 Å². The number of halogens is 1. The molecule has 5 heteroatoms. The molecule has 0 unspecified atom stereocenters. The molecule has 1 aliphatic rings. The number of amides is 1. The molecule has 2 N–H and O–H groups in total. The van der Waals surface area contributed by atoms with E-state index in [-0.39, 0.29) is 11.9 Å². The van der Waals surface area contributed by atoms with Crippen LogP contribution in [0.4, 0.5) is 11.4 Å². The van der Waals surface area contributed by atoms with Crippen LogP contribution in [0.2, 0.25) is 5.02 Å². The first-order chi connectivity index (χ1) is 12.5. The van der Waals surface area contributed by atoms with Crippen LogP contribution in [0.1, 0.15) is 18.1 Å². The third kappa shape index (κ3) is 4.19. The monoisotopic (exact) mass is 372 g/mol. The van der Waals surface area contributed by atoms with E-state index in [1.165, 1.54) is 10.5 Å². The Morgan fingerprint density at radius 2 is 1.85 bits per heavy atom. The Balaban J connectivity index is 1.58. The number of hydrogen-bond donors (Lipinski definition) is 2. The fraction of sp³-hybridized carbons (Fsp3) is 0.381. The van der Waals surface area contributed by atoms with Gasteiger partial charge in [0.25, 0.3) is 5.91 Å². The van der Waals surface area contributed by atoms with Crippen molar-refractivity contribution < 1.29 is 9.69 Å². The zero-order valence-corrected chi connectivity index (χ0v) is 16.4. The van der Waals surface area contributed by atoms with E-state index in [9.17, 15) is 4.79 Å². The molecule has 2 aromatic rings. The fourth-order valence-corrected chi connectivity index (χ4v) is 3.81. The minimum absolute atomic E-state index is 0.0795. The summed E-state index contributed by atoms with van der Waals surface area (Å²) in [6, 6.07) is 14.0. The molecular formula is C21H27ClN3O+. The number of para-hydroxylation sites is 1. The van der Waals surface area contributed by atoms with Gasteiger partial charge in [-0.3, -0.25) is 4.79 Å². The number of piperazine rings is 1. The number of aryl methyl sites for hydroxylation is 2. The number of rotatable bonds is 4. The Hall–Kier alpha value is -2.04. The summed E-state index contributed by atoms with van der Waals surface area (Å²) in [4.78, 5) is 16.3. The van der Waals surface area contributed by atoms with Crippen molar-refractivity contribution in [2.45, 2.75) is 26.8 Å². The third-order valence-electron chi connectivity index (χ3n) is 5.24. The van der Waals surface area contributed by atoms with Crippen LogP contribution >= 0.6 is 11.6 Å². The number of carbonyl (C=O) groups is 1. The summed E-state index contributed by atoms with van der Waals surface area (Å²) in [6.45, 7) is 9.76. The maximum Gasteiger partial charge on any atom is 0.282 e. The molecule has 1 atom stereocenters. The summed E-state index contributed by atoms with van der Waals surface area (Å²) < 4.78 is 0. The summed E-state index contributed by atoms with van der Waals surface area (Å²) in [5, 5.41) is 3.88. The first-order valence-corrected chi connectivity index (χ1v) is 9.55. The maximum atomic E-state index is 12.7. The van der Waals surface area contributed by atoms with Crippen LogP contribution in [0.15, 0.2) is 42.5 Å². The van der Waals surface area contributed by atoms with Crippen LogP contribution in [0.5, 0.6) is 0 Å². The lowest BCUT2D eigenvalue weighted by molar-refractivity contribution is -0.914. The molecule has 1 heterocycles. The quantitative estimate of drug-likeness (QED) is 0.865. The SMILES string of the molecule is Cc1ccc(NC(=O)[C@@H](C)[NH+]2CCN(c3ccccc3Cl)CC2)c(C)c1. The second kappa shape index (κ2) is 8.11. The molecule has 0 aliphatic carbocycles. The second-order valence-electron chi connectivity index (χ2n) is 7.13. The molecular weight excluding hydrogens is 346 g/mol. The zero-order valence-electron chi connectivity index (χ0n) is 15.7. The summed E-state index contributed by atoms with van der Waals surface area (Å²) in [5.41, 5.74) is 4.29. The molecule has 3 rings (SSSR count). The van der Waals surface area contributed by atoms with E-state index in [1.54, 1.807) is 0 Å². The van der Waals surface area contributed by atoms with Gasteiger partial charge in [0.15, 0.2) is 6.04 Å². The van der Waals surface area contributed by atoms with Crippen LogP contribution in [-0.4, -0.2) is 38.1 Å². The van der Waals surface area contributed by atoms with Gasteiger partial charge in [-0.25, -0.2) is 0 Å². The molecule has 0 aromatic heterocycles. The Labute approximate surface area is 160 Å². The molecule has 26 heavy (non-hydrogen) atoms. The predicted molar refractivity (Wildman–Crippen MR) is 108 cm³/mol. The minimum Gasteiger partial charge on any atom is -0.359 e. The van der Waals surface area contributed by atoms with Crippen molar-refractivity contribution in [3.8, 4) is 0 Å². The van der Waals surface area contributed by atoms with Gasteiger partial charge in [-0.05, 0) is 44.5 Å². The highest BCUT2D eigenvalue weighted by Gasteiger charge is 2.29. The van der Waals surface area contributed by atoms with E-state index in [4.69, 9.17) is 11.6 Å². The van der Waals surface area contributed by atoms with Gasteiger partial charge in [0, 0.05) is 5.69 Å². The van der Waals surface area contributed by atoms with Gasteiger partial charge in [0.05, 0.1) is 36.9 Å². The number of carbonyl (C=O) groups excluding carboxylic acids is 1. The van der Waals surface area contributed by atoms with Gasteiger partial charge < -0.3 is 15.1 Å². The van der Waals surface area contributed by atoms with Gasteiger partial charge in [0.1, 0.15) is 0 Å². The van der Waals surface area contributed by atoms with E-state index in [0.29, 0.717) is 0 Å². The topological polar surface area (TPSA) is 36.8 Å². The lowest BCUT2D eigenvalue weighted by Crippen LogP contribution is -3.19. The van der Waals surface area contributed by atoms with Crippen molar-refractivity contribution in [1.29, 1.82) is 0 Å². The first-order valence-electron chi connectivity index (χ1n) is 9.18. The molecule has 1 amide bonds. The highest BCUT2D eigenvalue weighted by molar-refractivity contribution is 6.33. The molecule has 0 saturated carbocycles. The largest absolute Gasteiger partial charge is 0.359 e. The normalized spacial score (nSPS) is 16.4. The van der Waals surface area contributed by atoms with Crippen LogP contribution in [0.3, 0.4) is 0 Å². The Kier molecular flexibility index (Phi) is 5.84. The lowest BCUT2D eigenvalue weighted by Gasteiger charge is -2.36. The Morgan fingerprint density at radius 1 is 1.15 bits per heavy atom. The smallest absolute Gasteiger partial charge is 0.282 e. The Bertz CT molecular complexity index is 785. The van der Waals surface area contributed by atoms with E-state index < -0.39 is 0 Å². The fourth-order valence-electron chi connectivity index (χ4n) is 3.56. The standard InChI is InChI=1S/C21H26ClN3O/c1-15-8-9-19(16(2)14-15)23-21(26)17(3)24-10-12-25(13-11-24)20-7-5-4-6-18(20)22/h4-9,14,17H,10-13H2,1-3H3,(H,23,26)/p+1/t17-/m1/s1. The van der Waals surface area contributed by atoms with Crippen molar-refractivity contribution in [3.05, 3.63) is 58.6 Å². The highest BCUT2D eigenvalue weighted by Crippen LogP contribution is 2.24. The highest BCUT2D eigenvalue weighted by atomic mass is 35.5. The van der Waals surface area contributed by atoms with Gasteiger partial charge in [-0.15, -0.1) is 0 Å². The first kappa shape index (κ1) is 18.7. The van der Waals surface area contributed by atoms with Crippen molar-refractivity contribution in [2.75, 3.05) is 36.4 Å². The van der Waals surface area contributed by atoms with Crippen LogP contribution in [0.25, 0.3) is 0 Å². The minimum atomic E-state index is -0.0795. The molecule has 1 saturated heterocycles. The summed E-state index contributed by atoms with van der Waals surface area (Å²) in [6.07, 6.45) is 0. The number of hydrogen-bond acceptors (Lipinski definition) is 2. The molecule has 0 spiro atoms. The number of nitrogens with zero attached hydrogens (tertiary/aromatic N) is 1. The number of benzene rings is 2. The van der Waals surface area contributed by atoms with Crippen LogP contribution < -0.4 is 15.1 Å². The van der Waals surface area contributed by atoms with Crippen molar-refractivity contribution in [1.82, 2.24) is 0 Å². The van der Waals surface area contributed by atoms with Crippen molar-refractivity contribution in [3.63, 3.8) is 0 Å². The van der Waals surface area contributed by atoms with Crippen molar-refractivity contribution in [2.24, 2.45) is 0 Å². The predicted octanol–water partition coefficient (Wildman–Crippen LogP) is 2.69. The van der Waals surface area contributed by atoms with E-state index in [1.807, 2.05) is 44.2 Å². The molecule has 2 aromatic carbocycles. The summed E-state index contributed by atoms with van der Waals surface area (Å²) in [5.74, 6) is 0.0816.